The summed E-state index contributed by atoms with van der Waals surface area (Å²) in [7, 11) is -3.44. The van der Waals surface area contributed by atoms with Crippen molar-refractivity contribution in [2.45, 2.75) is 31.2 Å². The lowest BCUT2D eigenvalue weighted by Crippen LogP contribution is -2.45. The van der Waals surface area contributed by atoms with Crippen molar-refractivity contribution in [2.24, 2.45) is 11.7 Å². The van der Waals surface area contributed by atoms with Gasteiger partial charge in [0.2, 0.25) is 5.91 Å². The zero-order chi connectivity index (χ0) is 16.0. The molecule has 0 aliphatic heterocycles. The quantitative estimate of drug-likeness (QED) is 0.770. The summed E-state index contributed by atoms with van der Waals surface area (Å²) in [6.45, 7) is 3.87. The van der Waals surface area contributed by atoms with Crippen LogP contribution in [0.25, 0.3) is 0 Å². The second-order valence-electron chi connectivity index (χ2n) is 4.98. The van der Waals surface area contributed by atoms with Crippen LogP contribution in [0.5, 0.6) is 0 Å². The fourth-order valence-corrected chi connectivity index (χ4v) is 2.98. The first kappa shape index (κ1) is 21.2. The molecule has 0 aromatic heterocycles. The van der Waals surface area contributed by atoms with Gasteiger partial charge in [0.1, 0.15) is 0 Å². The van der Waals surface area contributed by atoms with Crippen molar-refractivity contribution in [3.63, 3.8) is 0 Å². The van der Waals surface area contributed by atoms with Crippen LogP contribution in [0, 0.1) is 5.92 Å². The molecule has 0 bridgehead atoms. The number of hydrogen-bond acceptors (Lipinski definition) is 4. The van der Waals surface area contributed by atoms with Gasteiger partial charge in [-0.15, -0.1) is 12.4 Å². The lowest BCUT2D eigenvalue weighted by molar-refractivity contribution is -0.123. The van der Waals surface area contributed by atoms with E-state index < -0.39 is 15.9 Å². The van der Waals surface area contributed by atoms with Crippen LogP contribution in [-0.2, 0) is 14.6 Å². The second-order valence-corrected chi connectivity index (χ2v) is 7.52. The fourth-order valence-electron chi connectivity index (χ4n) is 1.70. The highest BCUT2D eigenvalue weighted by atomic mass is 35.5. The molecule has 126 valence electrons. The molecule has 1 aromatic carbocycles. The third-order valence-electron chi connectivity index (χ3n) is 3.40. The molecule has 1 amide bonds. The summed E-state index contributed by atoms with van der Waals surface area (Å²) in [6, 6.07) is 5.32. The van der Waals surface area contributed by atoms with Crippen LogP contribution in [0.3, 0.4) is 0 Å². The molecule has 1 aromatic rings. The molecule has 0 heterocycles. The minimum Gasteiger partial charge on any atom is -0.354 e. The minimum absolute atomic E-state index is 0. The van der Waals surface area contributed by atoms with Crippen LogP contribution in [0.4, 0.5) is 0 Å². The van der Waals surface area contributed by atoms with Gasteiger partial charge < -0.3 is 11.1 Å². The number of rotatable bonds is 7. The zero-order valence-corrected chi connectivity index (χ0v) is 15.0. The predicted molar refractivity (Wildman–Crippen MR) is 91.2 cm³/mol. The molecule has 0 radical (unpaired) electrons. The Kier molecular flexibility index (Phi) is 9.00. The van der Waals surface area contributed by atoms with E-state index in [2.05, 4.69) is 5.32 Å². The molecule has 0 aliphatic rings. The first-order chi connectivity index (χ1) is 9.77. The Morgan fingerprint density at radius 1 is 1.32 bits per heavy atom. The molecular weight excluding hydrogens is 347 g/mol. The number of benzene rings is 1. The van der Waals surface area contributed by atoms with Crippen LogP contribution in [0.15, 0.2) is 29.2 Å². The molecule has 2 unspecified atom stereocenters. The number of hydrogen-bond donors (Lipinski definition) is 2. The Labute approximate surface area is 142 Å². The average molecular weight is 369 g/mol. The van der Waals surface area contributed by atoms with E-state index in [4.69, 9.17) is 17.3 Å². The molecule has 1 rings (SSSR count). The van der Waals surface area contributed by atoms with Gasteiger partial charge in [-0.1, -0.05) is 31.9 Å². The standard InChI is InChI=1S/C14H21ClN2O3S.ClH/c1-3-10(2)13(16)14(18)17-8-9-21(19,20)12-6-4-11(15)5-7-12;/h4-7,10,13H,3,8-9,16H2,1-2H3,(H,17,18);1H. The maximum Gasteiger partial charge on any atom is 0.237 e. The topological polar surface area (TPSA) is 89.3 Å². The summed E-state index contributed by atoms with van der Waals surface area (Å²) < 4.78 is 24.1. The van der Waals surface area contributed by atoms with E-state index in [1.807, 2.05) is 13.8 Å². The van der Waals surface area contributed by atoms with Crippen LogP contribution < -0.4 is 11.1 Å². The summed E-state index contributed by atoms with van der Waals surface area (Å²) in [4.78, 5) is 11.9. The van der Waals surface area contributed by atoms with Crippen LogP contribution in [0.1, 0.15) is 20.3 Å². The molecule has 0 saturated carbocycles. The highest BCUT2D eigenvalue weighted by Crippen LogP contribution is 2.15. The number of nitrogens with two attached hydrogens (primary N) is 1. The SMILES string of the molecule is CCC(C)C(N)C(=O)NCCS(=O)(=O)c1ccc(Cl)cc1.Cl. The molecule has 22 heavy (non-hydrogen) atoms. The highest BCUT2D eigenvalue weighted by Gasteiger charge is 2.20. The monoisotopic (exact) mass is 368 g/mol. The maximum atomic E-state index is 12.1. The Morgan fingerprint density at radius 2 is 1.86 bits per heavy atom. The summed E-state index contributed by atoms with van der Waals surface area (Å²) in [5.41, 5.74) is 5.77. The normalized spacial score (nSPS) is 13.8. The predicted octanol–water partition coefficient (Wildman–Crippen LogP) is 2.03. The van der Waals surface area contributed by atoms with Crippen molar-refractivity contribution in [1.29, 1.82) is 0 Å². The summed E-state index contributed by atoms with van der Waals surface area (Å²) in [6.07, 6.45) is 0.789. The number of halogens is 2. The minimum atomic E-state index is -3.44. The molecule has 8 heteroatoms. The van der Waals surface area contributed by atoms with Gasteiger partial charge in [-0.25, -0.2) is 8.42 Å². The van der Waals surface area contributed by atoms with E-state index in [0.29, 0.717) is 5.02 Å². The van der Waals surface area contributed by atoms with Gasteiger partial charge in [-0.3, -0.25) is 4.79 Å². The second kappa shape index (κ2) is 9.35. The zero-order valence-electron chi connectivity index (χ0n) is 12.6. The number of carbonyl (C=O) groups excluding carboxylic acids is 1. The van der Waals surface area contributed by atoms with Crippen molar-refractivity contribution in [3.05, 3.63) is 29.3 Å². The van der Waals surface area contributed by atoms with Gasteiger partial charge in [-0.05, 0) is 30.2 Å². The first-order valence-electron chi connectivity index (χ1n) is 6.79. The highest BCUT2D eigenvalue weighted by molar-refractivity contribution is 7.91. The Balaban J connectivity index is 0.00000441. The fraction of sp³-hybridized carbons (Fsp3) is 0.500. The maximum absolute atomic E-state index is 12.1. The van der Waals surface area contributed by atoms with Crippen LogP contribution >= 0.6 is 24.0 Å². The van der Waals surface area contributed by atoms with E-state index in [-0.39, 0.29) is 41.4 Å². The Hall–Kier alpha value is -0.820. The van der Waals surface area contributed by atoms with Gasteiger partial charge in [0.25, 0.3) is 0 Å². The molecule has 3 N–H and O–H groups in total. The van der Waals surface area contributed by atoms with Crippen molar-refractivity contribution in [1.82, 2.24) is 5.32 Å². The molecule has 0 fully saturated rings. The number of amides is 1. The third-order valence-corrected chi connectivity index (χ3v) is 5.39. The van der Waals surface area contributed by atoms with E-state index in [1.165, 1.54) is 24.3 Å². The van der Waals surface area contributed by atoms with Crippen LogP contribution in [0.2, 0.25) is 5.02 Å². The average Bonchev–Trinajstić information content (AvgIpc) is 2.45. The molecule has 0 spiro atoms. The lowest BCUT2D eigenvalue weighted by Gasteiger charge is -2.17. The molecule has 2 atom stereocenters. The van der Waals surface area contributed by atoms with E-state index in [9.17, 15) is 13.2 Å². The Bertz CT molecular complexity index is 576. The number of carbonyl (C=O) groups is 1. The molecule has 0 saturated heterocycles. The van der Waals surface area contributed by atoms with Crippen molar-refractivity contribution in [2.75, 3.05) is 12.3 Å². The number of sulfone groups is 1. The van der Waals surface area contributed by atoms with Gasteiger partial charge in [0.05, 0.1) is 16.7 Å². The molecule has 0 aliphatic carbocycles. The van der Waals surface area contributed by atoms with E-state index in [0.717, 1.165) is 6.42 Å². The molecular formula is C14H22Cl2N2O3S. The van der Waals surface area contributed by atoms with E-state index >= 15 is 0 Å². The summed E-state index contributed by atoms with van der Waals surface area (Å²) in [5.74, 6) is -0.443. The third kappa shape index (κ3) is 6.12. The van der Waals surface area contributed by atoms with Crippen molar-refractivity contribution < 1.29 is 13.2 Å². The van der Waals surface area contributed by atoms with Gasteiger partial charge >= 0.3 is 0 Å². The van der Waals surface area contributed by atoms with Gasteiger partial charge in [-0.2, -0.15) is 0 Å². The summed E-state index contributed by atoms with van der Waals surface area (Å²) in [5, 5.41) is 3.04. The van der Waals surface area contributed by atoms with Crippen molar-refractivity contribution >= 4 is 39.8 Å². The van der Waals surface area contributed by atoms with Gasteiger partial charge in [0.15, 0.2) is 9.84 Å². The van der Waals surface area contributed by atoms with E-state index in [1.54, 1.807) is 0 Å². The first-order valence-corrected chi connectivity index (χ1v) is 8.82. The smallest absolute Gasteiger partial charge is 0.237 e. The van der Waals surface area contributed by atoms with Crippen LogP contribution in [-0.4, -0.2) is 32.7 Å². The Morgan fingerprint density at radius 3 is 2.36 bits per heavy atom. The summed E-state index contributed by atoms with van der Waals surface area (Å²) >= 11 is 5.72. The lowest BCUT2D eigenvalue weighted by atomic mass is 9.99. The largest absolute Gasteiger partial charge is 0.354 e. The van der Waals surface area contributed by atoms with Crippen molar-refractivity contribution in [3.8, 4) is 0 Å². The number of nitrogens with one attached hydrogen (secondary N) is 1. The van der Waals surface area contributed by atoms with Gasteiger partial charge in [0, 0.05) is 11.6 Å². The molecule has 5 nitrogen and oxygen atoms in total.